The van der Waals surface area contributed by atoms with Gasteiger partial charge in [0.15, 0.2) is 16.6 Å². The van der Waals surface area contributed by atoms with Gasteiger partial charge in [0.05, 0.1) is 24.1 Å². The summed E-state index contributed by atoms with van der Waals surface area (Å²) in [6.45, 7) is 0.153. The van der Waals surface area contributed by atoms with Crippen molar-refractivity contribution in [1.29, 1.82) is 0 Å². The van der Waals surface area contributed by atoms with Gasteiger partial charge in [-0.25, -0.2) is 0 Å². The van der Waals surface area contributed by atoms with Crippen LogP contribution < -0.4 is 25.0 Å². The molecular formula is C21H21N3O5S. The van der Waals surface area contributed by atoms with Gasteiger partial charge < -0.3 is 35.2 Å². The Bertz CT molecular complexity index is 988. The minimum absolute atomic E-state index is 0.117. The molecule has 1 amide bonds. The number of amides is 1. The van der Waals surface area contributed by atoms with Crippen molar-refractivity contribution in [2.75, 3.05) is 17.0 Å². The fourth-order valence-electron chi connectivity index (χ4n) is 4.43. The Labute approximate surface area is 178 Å². The molecular weight excluding hydrogens is 406 g/mol. The Balaban J connectivity index is 1.49. The second kappa shape index (κ2) is 7.42. The van der Waals surface area contributed by atoms with Crippen LogP contribution in [0.4, 0.5) is 11.4 Å². The van der Waals surface area contributed by atoms with E-state index < -0.39 is 30.2 Å². The molecule has 1 aliphatic carbocycles. The van der Waals surface area contributed by atoms with Crippen LogP contribution >= 0.6 is 12.2 Å². The Kier molecular flexibility index (Phi) is 4.73. The Morgan fingerprint density at radius 1 is 1.13 bits per heavy atom. The number of nitrogens with one attached hydrogen (secondary N) is 2. The highest BCUT2D eigenvalue weighted by Gasteiger charge is 2.54. The number of aliphatic hydroxyl groups excluding tert-OH is 2. The molecule has 4 N–H and O–H groups in total. The minimum Gasteiger partial charge on any atom is -0.454 e. The van der Waals surface area contributed by atoms with Gasteiger partial charge in [0, 0.05) is 17.4 Å². The van der Waals surface area contributed by atoms with Crippen molar-refractivity contribution in [2.24, 2.45) is 5.92 Å². The van der Waals surface area contributed by atoms with E-state index in [4.69, 9.17) is 21.7 Å². The maximum atomic E-state index is 13.2. The zero-order valence-electron chi connectivity index (χ0n) is 15.9. The van der Waals surface area contributed by atoms with Gasteiger partial charge in [0.1, 0.15) is 6.10 Å². The molecule has 2 heterocycles. The zero-order chi connectivity index (χ0) is 20.8. The van der Waals surface area contributed by atoms with Crippen LogP contribution in [0.25, 0.3) is 0 Å². The average Bonchev–Trinajstić information content (AvgIpc) is 3.35. The molecule has 2 aromatic carbocycles. The summed E-state index contributed by atoms with van der Waals surface area (Å²) in [7, 11) is 0. The first kappa shape index (κ1) is 19.1. The molecule has 0 aromatic heterocycles. The van der Waals surface area contributed by atoms with E-state index in [9.17, 15) is 15.0 Å². The first-order chi connectivity index (χ1) is 14.5. The third-order valence-electron chi connectivity index (χ3n) is 5.86. The molecule has 0 spiro atoms. The predicted molar refractivity (Wildman–Crippen MR) is 114 cm³/mol. The number of hydrogen-bond donors (Lipinski definition) is 4. The lowest BCUT2D eigenvalue weighted by Crippen LogP contribution is -2.60. The fourth-order valence-corrected chi connectivity index (χ4v) is 4.80. The molecule has 5 rings (SSSR count). The van der Waals surface area contributed by atoms with Gasteiger partial charge >= 0.3 is 0 Å². The predicted octanol–water partition coefficient (Wildman–Crippen LogP) is 1.23. The molecule has 2 fully saturated rings. The summed E-state index contributed by atoms with van der Waals surface area (Å²) in [5.41, 5.74) is 1.40. The minimum atomic E-state index is -1.05. The number of rotatable bonds is 3. The number of ether oxygens (including phenoxy) is 2. The Hall–Kier alpha value is -2.88. The average molecular weight is 427 g/mol. The molecule has 156 valence electrons. The van der Waals surface area contributed by atoms with Gasteiger partial charge in [-0.3, -0.25) is 4.79 Å². The van der Waals surface area contributed by atoms with Crippen LogP contribution in [0.2, 0.25) is 0 Å². The SMILES string of the molecule is O=C(Nc1ccccc1)[C@H]1C[C@@H](O)[C@H](O)[C@H]2NC(=S)N(c3ccc4c(c3)OCO4)[C@@H]21. The van der Waals surface area contributed by atoms with Crippen molar-refractivity contribution in [2.45, 2.75) is 30.7 Å². The van der Waals surface area contributed by atoms with Gasteiger partial charge in [0.2, 0.25) is 12.7 Å². The van der Waals surface area contributed by atoms with Crippen molar-refractivity contribution in [3.05, 3.63) is 48.5 Å². The summed E-state index contributed by atoms with van der Waals surface area (Å²) in [4.78, 5) is 15.0. The lowest BCUT2D eigenvalue weighted by Gasteiger charge is -2.41. The Morgan fingerprint density at radius 2 is 1.90 bits per heavy atom. The van der Waals surface area contributed by atoms with Crippen LogP contribution in [0.3, 0.4) is 0 Å². The fraction of sp³-hybridized carbons (Fsp3) is 0.333. The first-order valence-electron chi connectivity index (χ1n) is 9.74. The molecule has 5 atom stereocenters. The van der Waals surface area contributed by atoms with Crippen LogP contribution in [-0.2, 0) is 4.79 Å². The number of aliphatic hydroxyl groups is 2. The summed E-state index contributed by atoms with van der Waals surface area (Å²) in [5.74, 6) is 0.401. The van der Waals surface area contributed by atoms with Crippen LogP contribution in [-0.4, -0.2) is 52.3 Å². The van der Waals surface area contributed by atoms with Crippen molar-refractivity contribution in [3.8, 4) is 11.5 Å². The summed E-state index contributed by atoms with van der Waals surface area (Å²) < 4.78 is 10.9. The molecule has 2 aromatic rings. The number of anilines is 2. The number of thiocarbonyl (C=S) groups is 1. The summed E-state index contributed by atoms with van der Waals surface area (Å²) in [5, 5.41) is 27.4. The molecule has 9 heteroatoms. The van der Waals surface area contributed by atoms with E-state index in [0.29, 0.717) is 22.3 Å². The number of carbonyl (C=O) groups excluding carboxylic acids is 1. The highest BCUT2D eigenvalue weighted by Crippen LogP contribution is 2.41. The lowest BCUT2D eigenvalue weighted by atomic mass is 9.77. The molecule has 0 unspecified atom stereocenters. The monoisotopic (exact) mass is 427 g/mol. The molecule has 0 radical (unpaired) electrons. The molecule has 30 heavy (non-hydrogen) atoms. The van der Waals surface area contributed by atoms with E-state index >= 15 is 0 Å². The van der Waals surface area contributed by atoms with Crippen LogP contribution in [0.15, 0.2) is 48.5 Å². The number of hydrogen-bond acceptors (Lipinski definition) is 6. The lowest BCUT2D eigenvalue weighted by molar-refractivity contribution is -0.126. The number of para-hydroxylation sites is 1. The topological polar surface area (TPSA) is 103 Å². The second-order valence-corrected chi connectivity index (χ2v) is 8.02. The van der Waals surface area contributed by atoms with E-state index in [1.165, 1.54) is 0 Å². The van der Waals surface area contributed by atoms with Crippen LogP contribution in [0, 0.1) is 5.92 Å². The molecule has 3 aliphatic rings. The van der Waals surface area contributed by atoms with E-state index in [2.05, 4.69) is 10.6 Å². The Morgan fingerprint density at radius 3 is 2.70 bits per heavy atom. The maximum absolute atomic E-state index is 13.2. The van der Waals surface area contributed by atoms with E-state index in [1.54, 1.807) is 18.2 Å². The summed E-state index contributed by atoms with van der Waals surface area (Å²) >= 11 is 5.54. The molecule has 1 saturated carbocycles. The van der Waals surface area contributed by atoms with Crippen molar-refractivity contribution < 1.29 is 24.5 Å². The standard InChI is InChI=1S/C21H21N3O5S/c25-14-9-13(20(27)22-11-4-2-1-3-5-11)18-17(19(14)26)23-21(30)24(18)12-6-7-15-16(8-12)29-10-28-15/h1-8,13-14,17-19,25-26H,9-10H2,(H,22,27)(H,23,30)/t13-,14+,17-,18+,19-/m0/s1. The second-order valence-electron chi connectivity index (χ2n) is 7.63. The summed E-state index contributed by atoms with van der Waals surface area (Å²) in [6, 6.07) is 13.5. The van der Waals surface area contributed by atoms with Gasteiger partial charge in [0.25, 0.3) is 0 Å². The molecule has 2 aliphatic heterocycles. The smallest absolute Gasteiger partial charge is 0.231 e. The third kappa shape index (κ3) is 3.15. The van der Waals surface area contributed by atoms with E-state index in [0.717, 1.165) is 5.69 Å². The van der Waals surface area contributed by atoms with Gasteiger partial charge in [-0.15, -0.1) is 0 Å². The van der Waals surface area contributed by atoms with Crippen LogP contribution in [0.5, 0.6) is 11.5 Å². The quantitative estimate of drug-likeness (QED) is 0.543. The molecule has 0 bridgehead atoms. The number of benzene rings is 2. The maximum Gasteiger partial charge on any atom is 0.231 e. The van der Waals surface area contributed by atoms with Gasteiger partial charge in [-0.05, 0) is 42.9 Å². The van der Waals surface area contributed by atoms with Crippen LogP contribution in [0.1, 0.15) is 6.42 Å². The molecule has 1 saturated heterocycles. The van der Waals surface area contributed by atoms with E-state index in [1.807, 2.05) is 35.2 Å². The highest BCUT2D eigenvalue weighted by atomic mass is 32.1. The molecule has 8 nitrogen and oxygen atoms in total. The van der Waals surface area contributed by atoms with Crippen molar-refractivity contribution >= 4 is 34.6 Å². The normalized spacial score (nSPS) is 29.3. The third-order valence-corrected chi connectivity index (χ3v) is 6.17. The van der Waals surface area contributed by atoms with E-state index in [-0.39, 0.29) is 19.1 Å². The zero-order valence-corrected chi connectivity index (χ0v) is 16.7. The first-order valence-corrected chi connectivity index (χ1v) is 10.1. The summed E-state index contributed by atoms with van der Waals surface area (Å²) in [6.07, 6.45) is -1.97. The number of carbonyl (C=O) groups is 1. The number of fused-ring (bicyclic) bond motifs is 2. The van der Waals surface area contributed by atoms with Gasteiger partial charge in [-0.2, -0.15) is 0 Å². The van der Waals surface area contributed by atoms with Gasteiger partial charge in [-0.1, -0.05) is 18.2 Å². The largest absolute Gasteiger partial charge is 0.454 e. The number of nitrogens with zero attached hydrogens (tertiary/aromatic N) is 1. The highest BCUT2D eigenvalue weighted by molar-refractivity contribution is 7.80. The van der Waals surface area contributed by atoms with Crippen molar-refractivity contribution in [1.82, 2.24) is 5.32 Å². The van der Waals surface area contributed by atoms with Crippen molar-refractivity contribution in [3.63, 3.8) is 0 Å².